The topological polar surface area (TPSA) is 70.7 Å². The second kappa shape index (κ2) is 8.99. The Morgan fingerprint density at radius 2 is 1.76 bits per heavy atom. The summed E-state index contributed by atoms with van der Waals surface area (Å²) in [6.07, 6.45) is 5.28. The molecule has 2 aliphatic rings. The van der Waals surface area contributed by atoms with Crippen molar-refractivity contribution in [3.8, 4) is 0 Å². The standard InChI is InChI=1S/C23H27N3O3/c27-22-20(25-23(28)29-16-17-9-3-1-4-10-17)15-26(18-11-5-2-6-12-18)21-14-8-7-13-19(21)24-22/h1,3-4,7-10,13-14,18,20H,2,5-6,11-12,15-16H2,(H,24,27)(H,25,28)/t20-/m1/s1. The third kappa shape index (κ3) is 4.70. The van der Waals surface area contributed by atoms with Crippen LogP contribution in [0.4, 0.5) is 16.2 Å². The quantitative estimate of drug-likeness (QED) is 0.821. The third-order valence-corrected chi connectivity index (χ3v) is 5.69. The molecular formula is C23H27N3O3. The molecule has 0 saturated heterocycles. The van der Waals surface area contributed by atoms with E-state index in [0.29, 0.717) is 12.6 Å². The second-order valence-electron chi connectivity index (χ2n) is 7.71. The minimum absolute atomic E-state index is 0.174. The smallest absolute Gasteiger partial charge is 0.408 e. The Bertz CT molecular complexity index is 849. The van der Waals surface area contributed by atoms with Crippen LogP contribution in [0.3, 0.4) is 0 Å². The van der Waals surface area contributed by atoms with E-state index in [0.717, 1.165) is 29.8 Å². The molecule has 2 aromatic carbocycles. The Morgan fingerprint density at radius 1 is 1.03 bits per heavy atom. The van der Waals surface area contributed by atoms with Crippen molar-refractivity contribution in [3.63, 3.8) is 0 Å². The molecule has 1 atom stereocenters. The van der Waals surface area contributed by atoms with Crippen molar-refractivity contribution in [2.75, 3.05) is 16.8 Å². The minimum atomic E-state index is -0.674. The number of carbonyl (C=O) groups excluding carboxylic acids is 2. The zero-order chi connectivity index (χ0) is 20.1. The van der Waals surface area contributed by atoms with Crippen LogP contribution in [-0.2, 0) is 16.1 Å². The summed E-state index contributed by atoms with van der Waals surface area (Å²) in [7, 11) is 0. The number of fused-ring (bicyclic) bond motifs is 1. The van der Waals surface area contributed by atoms with E-state index >= 15 is 0 Å². The Hall–Kier alpha value is -3.02. The summed E-state index contributed by atoms with van der Waals surface area (Å²) in [4.78, 5) is 27.5. The molecular weight excluding hydrogens is 366 g/mol. The molecule has 2 amide bonds. The van der Waals surface area contributed by atoms with Gasteiger partial charge in [-0.15, -0.1) is 0 Å². The number of benzene rings is 2. The van der Waals surface area contributed by atoms with E-state index in [1.54, 1.807) is 0 Å². The average molecular weight is 393 g/mol. The van der Waals surface area contributed by atoms with E-state index in [2.05, 4.69) is 15.5 Å². The van der Waals surface area contributed by atoms with Gasteiger partial charge in [-0.05, 0) is 30.5 Å². The number of anilines is 2. The van der Waals surface area contributed by atoms with Gasteiger partial charge in [0.1, 0.15) is 12.6 Å². The first-order valence-corrected chi connectivity index (χ1v) is 10.3. The van der Waals surface area contributed by atoms with Crippen LogP contribution in [0.2, 0.25) is 0 Å². The van der Waals surface area contributed by atoms with Crippen molar-refractivity contribution in [3.05, 3.63) is 60.2 Å². The summed E-state index contributed by atoms with van der Waals surface area (Å²) >= 11 is 0. The lowest BCUT2D eigenvalue weighted by atomic mass is 9.93. The molecule has 1 aliphatic heterocycles. The van der Waals surface area contributed by atoms with E-state index in [1.807, 2.05) is 54.6 Å². The summed E-state index contributed by atoms with van der Waals surface area (Å²) in [5, 5.41) is 5.74. The molecule has 1 saturated carbocycles. The fourth-order valence-electron chi connectivity index (χ4n) is 4.18. The van der Waals surface area contributed by atoms with Gasteiger partial charge in [-0.3, -0.25) is 4.79 Å². The van der Waals surface area contributed by atoms with Crippen molar-refractivity contribution < 1.29 is 14.3 Å². The van der Waals surface area contributed by atoms with Gasteiger partial charge in [0.15, 0.2) is 0 Å². The summed E-state index contributed by atoms with van der Waals surface area (Å²) < 4.78 is 5.33. The number of alkyl carbamates (subject to hydrolysis) is 1. The average Bonchev–Trinajstić information content (AvgIpc) is 2.90. The largest absolute Gasteiger partial charge is 0.445 e. The van der Waals surface area contributed by atoms with Crippen LogP contribution in [-0.4, -0.2) is 30.6 Å². The number of amides is 2. The van der Waals surface area contributed by atoms with Gasteiger partial charge in [-0.1, -0.05) is 61.7 Å². The summed E-state index contributed by atoms with van der Waals surface area (Å²) in [6, 6.07) is 17.1. The molecule has 29 heavy (non-hydrogen) atoms. The van der Waals surface area contributed by atoms with Crippen LogP contribution in [0.1, 0.15) is 37.7 Å². The normalized spacial score (nSPS) is 19.7. The number of nitrogens with one attached hydrogen (secondary N) is 2. The van der Waals surface area contributed by atoms with Gasteiger partial charge in [0.05, 0.1) is 11.4 Å². The lowest BCUT2D eigenvalue weighted by Gasteiger charge is -2.37. The maximum absolute atomic E-state index is 12.8. The van der Waals surface area contributed by atoms with Gasteiger partial charge in [-0.2, -0.15) is 0 Å². The molecule has 1 heterocycles. The van der Waals surface area contributed by atoms with Crippen molar-refractivity contribution >= 4 is 23.4 Å². The van der Waals surface area contributed by atoms with Crippen LogP contribution < -0.4 is 15.5 Å². The second-order valence-corrected chi connectivity index (χ2v) is 7.71. The van der Waals surface area contributed by atoms with Crippen LogP contribution in [0.15, 0.2) is 54.6 Å². The molecule has 0 radical (unpaired) electrons. The van der Waals surface area contributed by atoms with E-state index in [-0.39, 0.29) is 12.5 Å². The lowest BCUT2D eigenvalue weighted by molar-refractivity contribution is -0.117. The van der Waals surface area contributed by atoms with E-state index in [9.17, 15) is 9.59 Å². The molecule has 4 rings (SSSR count). The Balaban J connectivity index is 1.47. The van der Waals surface area contributed by atoms with Gasteiger partial charge < -0.3 is 20.3 Å². The fraction of sp³-hybridized carbons (Fsp3) is 0.391. The number of hydrogen-bond acceptors (Lipinski definition) is 4. The summed E-state index contributed by atoms with van der Waals surface area (Å²) in [5.74, 6) is -0.215. The van der Waals surface area contributed by atoms with Gasteiger partial charge in [0.25, 0.3) is 0 Å². The number of para-hydroxylation sites is 2. The monoisotopic (exact) mass is 393 g/mol. The molecule has 0 unspecified atom stereocenters. The molecule has 1 aliphatic carbocycles. The zero-order valence-corrected chi connectivity index (χ0v) is 16.5. The summed E-state index contributed by atoms with van der Waals surface area (Å²) in [6.45, 7) is 0.613. The van der Waals surface area contributed by atoms with Gasteiger partial charge in [-0.25, -0.2) is 4.79 Å². The Labute approximate surface area is 171 Å². The number of ether oxygens (including phenoxy) is 1. The van der Waals surface area contributed by atoms with Crippen LogP contribution in [0.25, 0.3) is 0 Å². The molecule has 6 heteroatoms. The van der Waals surface area contributed by atoms with E-state index in [4.69, 9.17) is 4.74 Å². The van der Waals surface area contributed by atoms with Crippen LogP contribution in [0.5, 0.6) is 0 Å². The first-order chi connectivity index (χ1) is 14.2. The maximum Gasteiger partial charge on any atom is 0.408 e. The van der Waals surface area contributed by atoms with Gasteiger partial charge in [0.2, 0.25) is 5.91 Å². The van der Waals surface area contributed by atoms with Crippen molar-refractivity contribution in [1.82, 2.24) is 5.32 Å². The molecule has 0 bridgehead atoms. The van der Waals surface area contributed by atoms with Gasteiger partial charge in [0, 0.05) is 12.6 Å². The lowest BCUT2D eigenvalue weighted by Crippen LogP contribution is -2.51. The number of carbonyl (C=O) groups is 2. The highest BCUT2D eigenvalue weighted by Gasteiger charge is 2.33. The minimum Gasteiger partial charge on any atom is -0.445 e. The highest BCUT2D eigenvalue weighted by Crippen LogP contribution is 2.34. The first kappa shape index (κ1) is 19.3. The van der Waals surface area contributed by atoms with Crippen molar-refractivity contribution in [2.45, 2.75) is 50.8 Å². The molecule has 0 spiro atoms. The predicted molar refractivity (Wildman–Crippen MR) is 113 cm³/mol. The molecule has 1 fully saturated rings. The fourth-order valence-corrected chi connectivity index (χ4v) is 4.18. The van der Waals surface area contributed by atoms with E-state index in [1.165, 1.54) is 19.3 Å². The van der Waals surface area contributed by atoms with Crippen LogP contribution in [0, 0.1) is 0 Å². The molecule has 0 aromatic heterocycles. The number of hydrogen-bond donors (Lipinski definition) is 2. The van der Waals surface area contributed by atoms with Crippen LogP contribution >= 0.6 is 0 Å². The molecule has 2 N–H and O–H groups in total. The highest BCUT2D eigenvalue weighted by molar-refractivity contribution is 6.01. The summed E-state index contributed by atoms with van der Waals surface area (Å²) in [5.41, 5.74) is 2.73. The predicted octanol–water partition coefficient (Wildman–Crippen LogP) is 4.07. The number of rotatable bonds is 4. The maximum atomic E-state index is 12.8. The van der Waals surface area contributed by atoms with E-state index < -0.39 is 12.1 Å². The highest BCUT2D eigenvalue weighted by atomic mass is 16.5. The van der Waals surface area contributed by atoms with Gasteiger partial charge >= 0.3 is 6.09 Å². The Kier molecular flexibility index (Phi) is 5.98. The SMILES string of the molecule is O=C(N[C@@H]1CN(C2CCCCC2)c2ccccc2NC1=O)OCc1ccccc1. The van der Waals surface area contributed by atoms with Crippen molar-refractivity contribution in [2.24, 2.45) is 0 Å². The Morgan fingerprint density at radius 3 is 2.55 bits per heavy atom. The molecule has 152 valence electrons. The molecule has 2 aromatic rings. The van der Waals surface area contributed by atoms with Crippen molar-refractivity contribution in [1.29, 1.82) is 0 Å². The third-order valence-electron chi connectivity index (χ3n) is 5.69. The first-order valence-electron chi connectivity index (χ1n) is 10.3. The number of nitrogens with zero attached hydrogens (tertiary/aromatic N) is 1. The zero-order valence-electron chi connectivity index (χ0n) is 16.5. The molecule has 6 nitrogen and oxygen atoms in total.